The minimum atomic E-state index is -3.61. The van der Waals surface area contributed by atoms with Crippen LogP contribution in [-0.4, -0.2) is 18.7 Å². The number of thiocarbonyl (C=S) groups is 1. The number of nitrogens with two attached hydrogens (primary N) is 1. The first-order valence-electron chi connectivity index (χ1n) is 5.04. The Morgan fingerprint density at radius 3 is 2.72 bits per heavy atom. The van der Waals surface area contributed by atoms with Gasteiger partial charge >= 0.3 is 0 Å². The van der Waals surface area contributed by atoms with E-state index in [1.807, 2.05) is 6.07 Å². The molecule has 0 saturated carbocycles. The predicted octanol–water partition coefficient (Wildman–Crippen LogP) is 2.86. The van der Waals surface area contributed by atoms with Crippen molar-refractivity contribution in [3.8, 4) is 0 Å². The van der Waals surface area contributed by atoms with Crippen LogP contribution in [0.25, 0.3) is 0 Å². The van der Waals surface area contributed by atoms with Crippen LogP contribution >= 0.6 is 50.7 Å². The minimum Gasteiger partial charge on any atom is -0.392 e. The van der Waals surface area contributed by atoms with Gasteiger partial charge in [0.2, 0.25) is 10.0 Å². The van der Waals surface area contributed by atoms with Crippen LogP contribution in [0, 0.1) is 3.57 Å². The molecule has 0 amide bonds. The van der Waals surface area contributed by atoms with E-state index in [1.165, 1.54) is 0 Å². The van der Waals surface area contributed by atoms with Crippen LogP contribution in [0.15, 0.2) is 22.7 Å². The standard InChI is InChI=1S/C10H12BrIN2O2S2/c1-2-9(10(13)17)18(15,16)14-8-5-6(12)3-4-7(8)11/h3-5,9,14H,2H2,1H3,(H2,13,17). The van der Waals surface area contributed by atoms with Gasteiger partial charge < -0.3 is 5.73 Å². The number of hydrogen-bond donors (Lipinski definition) is 2. The van der Waals surface area contributed by atoms with Gasteiger partial charge in [-0.1, -0.05) is 19.1 Å². The summed E-state index contributed by atoms with van der Waals surface area (Å²) in [4.78, 5) is -0.0215. The zero-order valence-electron chi connectivity index (χ0n) is 9.48. The highest BCUT2D eigenvalue weighted by Crippen LogP contribution is 2.26. The van der Waals surface area contributed by atoms with E-state index in [2.05, 4.69) is 43.2 Å². The van der Waals surface area contributed by atoms with E-state index in [-0.39, 0.29) is 4.99 Å². The third-order valence-electron chi connectivity index (χ3n) is 2.24. The Morgan fingerprint density at radius 1 is 1.61 bits per heavy atom. The molecule has 0 heterocycles. The molecule has 0 aliphatic rings. The monoisotopic (exact) mass is 462 g/mol. The highest BCUT2D eigenvalue weighted by atomic mass is 127. The topological polar surface area (TPSA) is 72.2 Å². The Labute approximate surface area is 134 Å². The van der Waals surface area contributed by atoms with E-state index in [0.29, 0.717) is 16.6 Å². The molecule has 0 radical (unpaired) electrons. The summed E-state index contributed by atoms with van der Waals surface area (Å²) < 4.78 is 28.4. The van der Waals surface area contributed by atoms with Gasteiger partial charge in [0.05, 0.1) is 10.7 Å². The van der Waals surface area contributed by atoms with Gasteiger partial charge in [-0.05, 0) is 63.1 Å². The Morgan fingerprint density at radius 2 is 2.22 bits per heavy atom. The van der Waals surface area contributed by atoms with E-state index in [1.54, 1.807) is 19.1 Å². The van der Waals surface area contributed by atoms with Gasteiger partial charge in [0, 0.05) is 8.04 Å². The first-order valence-corrected chi connectivity index (χ1v) is 8.86. The largest absolute Gasteiger partial charge is 0.392 e. The van der Waals surface area contributed by atoms with Crippen molar-refractivity contribution in [2.24, 2.45) is 5.73 Å². The van der Waals surface area contributed by atoms with Crippen LogP contribution in [-0.2, 0) is 10.0 Å². The molecule has 0 aliphatic carbocycles. The van der Waals surface area contributed by atoms with E-state index in [0.717, 1.165) is 3.57 Å². The zero-order chi connectivity index (χ0) is 13.9. The number of halogens is 2. The second-order valence-electron chi connectivity index (χ2n) is 3.57. The summed E-state index contributed by atoms with van der Waals surface area (Å²) in [5, 5.41) is -0.864. The molecule has 0 fully saturated rings. The fraction of sp³-hybridized carbons (Fsp3) is 0.300. The van der Waals surface area contributed by atoms with Gasteiger partial charge in [0.25, 0.3) is 0 Å². The van der Waals surface area contributed by atoms with Gasteiger partial charge in [0.1, 0.15) is 5.25 Å². The first-order chi connectivity index (χ1) is 8.27. The van der Waals surface area contributed by atoms with Crippen LogP contribution < -0.4 is 10.5 Å². The molecule has 1 unspecified atom stereocenters. The lowest BCUT2D eigenvalue weighted by Gasteiger charge is -2.17. The lowest BCUT2D eigenvalue weighted by atomic mass is 10.3. The van der Waals surface area contributed by atoms with Crippen molar-refractivity contribution in [3.05, 3.63) is 26.2 Å². The highest BCUT2D eigenvalue weighted by Gasteiger charge is 2.26. The molecule has 0 saturated heterocycles. The molecule has 1 atom stereocenters. The van der Waals surface area contributed by atoms with Crippen molar-refractivity contribution in [2.75, 3.05) is 4.72 Å². The third kappa shape index (κ3) is 4.04. The van der Waals surface area contributed by atoms with Crippen molar-refractivity contribution >= 4 is 71.4 Å². The van der Waals surface area contributed by atoms with Gasteiger partial charge in [-0.25, -0.2) is 8.42 Å². The number of rotatable bonds is 5. The lowest BCUT2D eigenvalue weighted by Crippen LogP contribution is -2.37. The van der Waals surface area contributed by atoms with Crippen LogP contribution in [0.5, 0.6) is 0 Å². The van der Waals surface area contributed by atoms with Crippen molar-refractivity contribution in [1.82, 2.24) is 0 Å². The van der Waals surface area contributed by atoms with Gasteiger partial charge in [-0.3, -0.25) is 4.72 Å². The molecule has 1 aromatic carbocycles. The summed E-state index contributed by atoms with van der Waals surface area (Å²) in [6.07, 6.45) is 0.339. The van der Waals surface area contributed by atoms with Crippen LogP contribution in [0.4, 0.5) is 5.69 Å². The Kier molecular flexibility index (Phi) is 5.81. The summed E-state index contributed by atoms with van der Waals surface area (Å²) in [7, 11) is -3.61. The maximum Gasteiger partial charge on any atom is 0.242 e. The van der Waals surface area contributed by atoms with Crippen LogP contribution in [0.2, 0.25) is 0 Å². The van der Waals surface area contributed by atoms with E-state index >= 15 is 0 Å². The van der Waals surface area contributed by atoms with E-state index < -0.39 is 15.3 Å². The second-order valence-corrected chi connectivity index (χ2v) is 8.01. The van der Waals surface area contributed by atoms with E-state index in [9.17, 15) is 8.42 Å². The maximum absolute atomic E-state index is 12.1. The molecule has 1 rings (SSSR count). The molecule has 100 valence electrons. The number of sulfonamides is 1. The average molecular weight is 463 g/mol. The molecule has 0 aromatic heterocycles. The summed E-state index contributed by atoms with van der Waals surface area (Å²) in [6.45, 7) is 1.73. The summed E-state index contributed by atoms with van der Waals surface area (Å²) in [6, 6.07) is 5.38. The van der Waals surface area contributed by atoms with Crippen molar-refractivity contribution < 1.29 is 8.42 Å². The second kappa shape index (κ2) is 6.49. The first kappa shape index (κ1) is 16.1. The van der Waals surface area contributed by atoms with Crippen molar-refractivity contribution in [1.29, 1.82) is 0 Å². The smallest absolute Gasteiger partial charge is 0.242 e. The summed E-state index contributed by atoms with van der Waals surface area (Å²) in [5.41, 5.74) is 5.94. The lowest BCUT2D eigenvalue weighted by molar-refractivity contribution is 0.594. The quantitative estimate of drug-likeness (QED) is 0.521. The fourth-order valence-corrected chi connectivity index (χ4v) is 4.25. The van der Waals surface area contributed by atoms with Crippen LogP contribution in [0.3, 0.4) is 0 Å². The van der Waals surface area contributed by atoms with E-state index in [4.69, 9.17) is 18.0 Å². The molecule has 3 N–H and O–H groups in total. The molecule has 4 nitrogen and oxygen atoms in total. The highest BCUT2D eigenvalue weighted by molar-refractivity contribution is 14.1. The van der Waals surface area contributed by atoms with Crippen molar-refractivity contribution in [3.63, 3.8) is 0 Å². The Bertz CT molecular complexity index is 563. The Hall–Kier alpha value is 0.0700. The Balaban J connectivity index is 3.09. The molecule has 1 aromatic rings. The normalized spacial score (nSPS) is 13.1. The van der Waals surface area contributed by atoms with Crippen molar-refractivity contribution in [2.45, 2.75) is 18.6 Å². The molecule has 8 heteroatoms. The molecular weight excluding hydrogens is 451 g/mol. The molecular formula is C10H12BrIN2O2S2. The van der Waals surface area contributed by atoms with Gasteiger partial charge in [-0.15, -0.1) is 0 Å². The number of nitrogens with one attached hydrogen (secondary N) is 1. The predicted molar refractivity (Wildman–Crippen MR) is 90.3 cm³/mol. The van der Waals surface area contributed by atoms with Gasteiger partial charge in [-0.2, -0.15) is 0 Å². The summed E-state index contributed by atoms with van der Waals surface area (Å²) in [5.74, 6) is 0. The number of hydrogen-bond acceptors (Lipinski definition) is 3. The summed E-state index contributed by atoms with van der Waals surface area (Å²) >= 11 is 10.2. The molecule has 0 aliphatic heterocycles. The van der Waals surface area contributed by atoms with Gasteiger partial charge in [0.15, 0.2) is 0 Å². The zero-order valence-corrected chi connectivity index (χ0v) is 14.9. The SMILES string of the molecule is CCC(C(N)=S)S(=O)(=O)Nc1cc(I)ccc1Br. The maximum atomic E-state index is 12.1. The number of anilines is 1. The fourth-order valence-electron chi connectivity index (χ4n) is 1.37. The molecule has 0 bridgehead atoms. The third-order valence-corrected chi connectivity index (χ3v) is 5.88. The average Bonchev–Trinajstić information content (AvgIpc) is 2.22. The molecule has 0 spiro atoms. The number of benzene rings is 1. The minimum absolute atomic E-state index is 0.0215. The molecule has 18 heavy (non-hydrogen) atoms. The van der Waals surface area contributed by atoms with Crippen LogP contribution in [0.1, 0.15) is 13.3 Å².